The smallest absolute Gasteiger partial charge is 0.303 e. The Morgan fingerprint density at radius 3 is 1.14 bits per heavy atom. The van der Waals surface area contributed by atoms with Crippen LogP contribution in [-0.2, 0) is 30.8 Å². The van der Waals surface area contributed by atoms with Crippen LogP contribution in [0.2, 0.25) is 0 Å². The van der Waals surface area contributed by atoms with E-state index in [4.69, 9.17) is 19.2 Å². The second kappa shape index (κ2) is 5.89. The van der Waals surface area contributed by atoms with Gasteiger partial charge in [0, 0.05) is 26.2 Å². The monoisotopic (exact) mass is 214 g/mol. The molecule has 0 radical (unpaired) electrons. The average Bonchev–Trinajstić information content (AvgIpc) is 0.722. The van der Waals surface area contributed by atoms with Crippen molar-refractivity contribution in [2.75, 3.05) is 0 Å². The molecule has 0 unspecified atom stereocenters. The molecule has 0 saturated heterocycles. The Balaban J connectivity index is -0.0000000800. The minimum Gasteiger partial charge on any atom is -0.303 e. The maximum absolute atomic E-state index is 8.88. The van der Waals surface area contributed by atoms with Gasteiger partial charge in [-0.15, -0.1) is 0 Å². The van der Waals surface area contributed by atoms with Gasteiger partial charge in [0.05, 0.1) is 0 Å². The van der Waals surface area contributed by atoms with Gasteiger partial charge < -0.3 is 14.7 Å². The summed E-state index contributed by atoms with van der Waals surface area (Å²) in [4.78, 5) is 21.6. The van der Waals surface area contributed by atoms with E-state index in [-0.39, 0.29) is 49.3 Å². The van der Waals surface area contributed by atoms with Gasteiger partial charge in [0.25, 0.3) is 0 Å². The summed E-state index contributed by atoms with van der Waals surface area (Å²) in [5.74, 6) is 0. The van der Waals surface area contributed by atoms with Crippen LogP contribution in [0.4, 0.5) is 0 Å². The third kappa shape index (κ3) is 83.2. The van der Waals surface area contributed by atoms with Gasteiger partial charge in [0.15, 0.2) is 0 Å². The molecule has 0 fully saturated rings. The zero-order valence-corrected chi connectivity index (χ0v) is 6.05. The molecule has 7 heteroatoms. The second-order valence-electron chi connectivity index (χ2n) is 0.513. The molecule has 0 aliphatic rings. The van der Waals surface area contributed by atoms with Gasteiger partial charge in [0.1, 0.15) is 0 Å². The van der Waals surface area contributed by atoms with Crippen molar-refractivity contribution in [3.63, 3.8) is 0 Å². The van der Waals surface area contributed by atoms with Gasteiger partial charge in [-0.1, -0.05) is 0 Å². The van der Waals surface area contributed by atoms with Gasteiger partial charge in [-0.25, -0.2) is 4.57 Å². The summed E-state index contributed by atoms with van der Waals surface area (Å²) in [6.45, 7) is 0. The molecule has 0 spiro atoms. The zero-order chi connectivity index (χ0) is 4.50. The summed E-state index contributed by atoms with van der Waals surface area (Å²) >= 11 is 0. The van der Waals surface area contributed by atoms with Crippen molar-refractivity contribution in [2.24, 2.45) is 0 Å². The third-order valence-corrected chi connectivity index (χ3v) is 0. The van der Waals surface area contributed by atoms with E-state index in [1.54, 1.807) is 0 Å². The van der Waals surface area contributed by atoms with Crippen molar-refractivity contribution >= 4 is 30.9 Å². The van der Waals surface area contributed by atoms with Crippen LogP contribution in [0.25, 0.3) is 0 Å². The molecule has 0 bridgehead atoms. The standard InChI is InChI=1S/Mg.H3O4P.Zr.2H/c;1-5(2,3)4;;;/h;(H3,1,2,3,4);;;. The van der Waals surface area contributed by atoms with Crippen LogP contribution in [-0.4, -0.2) is 37.7 Å². The number of hydrogen-bond acceptors (Lipinski definition) is 1. The molecule has 0 rings (SSSR count). The predicted molar refractivity (Wildman–Crippen MR) is 22.8 cm³/mol. The average molecular weight is 216 g/mol. The number of rotatable bonds is 0. The van der Waals surface area contributed by atoms with Crippen LogP contribution in [0.1, 0.15) is 0 Å². The first-order chi connectivity index (χ1) is 2.00. The van der Waals surface area contributed by atoms with E-state index >= 15 is 0 Å². The molecular weight excluding hydrogens is 210 g/mol. The summed E-state index contributed by atoms with van der Waals surface area (Å²) in [6, 6.07) is 0. The molecule has 0 aromatic rings. The van der Waals surface area contributed by atoms with Crippen LogP contribution in [0.15, 0.2) is 0 Å². The Morgan fingerprint density at radius 2 is 1.14 bits per heavy atom. The fourth-order valence-electron chi connectivity index (χ4n) is 0. The third-order valence-electron chi connectivity index (χ3n) is 0. The molecule has 0 atom stereocenters. The summed E-state index contributed by atoms with van der Waals surface area (Å²) < 4.78 is 8.88. The summed E-state index contributed by atoms with van der Waals surface area (Å²) in [7, 11) is -4.64. The largest absolute Gasteiger partial charge is 0.466 e. The molecular formula is H5MgO4PZr. The first kappa shape index (κ1) is 15.9. The van der Waals surface area contributed by atoms with Crippen LogP contribution in [0, 0.1) is 0 Å². The maximum Gasteiger partial charge on any atom is 0.466 e. The van der Waals surface area contributed by atoms with Crippen LogP contribution < -0.4 is 0 Å². The number of hydrogen-bond donors (Lipinski definition) is 3. The molecule has 0 aliphatic heterocycles. The summed E-state index contributed by atoms with van der Waals surface area (Å²) in [6.07, 6.45) is 0. The molecule has 40 valence electrons. The minimum absolute atomic E-state index is 0. The Bertz CT molecular complexity index is 57.8. The van der Waals surface area contributed by atoms with Gasteiger partial charge in [-0.2, -0.15) is 0 Å². The van der Waals surface area contributed by atoms with E-state index in [0.717, 1.165) is 0 Å². The quantitative estimate of drug-likeness (QED) is 0.328. The van der Waals surface area contributed by atoms with E-state index in [0.29, 0.717) is 0 Å². The zero-order valence-electron chi connectivity index (χ0n) is 2.70. The predicted octanol–water partition coefficient (Wildman–Crippen LogP) is -1.85. The minimum atomic E-state index is -4.64. The SMILES string of the molecule is O=P(O)(O)O.[MgH2].[Zr]. The van der Waals surface area contributed by atoms with E-state index in [2.05, 4.69) is 0 Å². The Morgan fingerprint density at radius 1 is 1.14 bits per heavy atom. The van der Waals surface area contributed by atoms with Crippen LogP contribution in [0.5, 0.6) is 0 Å². The van der Waals surface area contributed by atoms with Gasteiger partial charge >= 0.3 is 30.9 Å². The van der Waals surface area contributed by atoms with E-state index in [1.807, 2.05) is 0 Å². The van der Waals surface area contributed by atoms with E-state index < -0.39 is 7.82 Å². The van der Waals surface area contributed by atoms with Gasteiger partial charge in [-0.3, -0.25) is 0 Å². The maximum atomic E-state index is 8.88. The van der Waals surface area contributed by atoms with E-state index in [1.165, 1.54) is 0 Å². The molecule has 0 aromatic heterocycles. The van der Waals surface area contributed by atoms with Crippen LogP contribution in [0.3, 0.4) is 0 Å². The molecule has 4 nitrogen and oxygen atoms in total. The normalized spacial score (nSPS) is 8.43. The van der Waals surface area contributed by atoms with Crippen molar-refractivity contribution in [1.82, 2.24) is 0 Å². The molecule has 3 N–H and O–H groups in total. The molecule has 0 heterocycles. The Kier molecular flexibility index (Phi) is 13.4. The molecule has 0 saturated carbocycles. The first-order valence-electron chi connectivity index (χ1n) is 0.783. The van der Waals surface area contributed by atoms with Crippen molar-refractivity contribution in [1.29, 1.82) is 0 Å². The van der Waals surface area contributed by atoms with Gasteiger partial charge in [0.2, 0.25) is 0 Å². The summed E-state index contributed by atoms with van der Waals surface area (Å²) in [5.41, 5.74) is 0. The Labute approximate surface area is 75.8 Å². The molecule has 0 aliphatic carbocycles. The van der Waals surface area contributed by atoms with Crippen molar-refractivity contribution < 1.29 is 45.4 Å². The molecule has 0 amide bonds. The fourth-order valence-corrected chi connectivity index (χ4v) is 0. The topological polar surface area (TPSA) is 77.8 Å². The van der Waals surface area contributed by atoms with Gasteiger partial charge in [-0.05, 0) is 0 Å². The first-order valence-corrected chi connectivity index (χ1v) is 2.35. The molecule has 7 heavy (non-hydrogen) atoms. The number of phosphoric acid groups is 1. The van der Waals surface area contributed by atoms with Crippen molar-refractivity contribution in [3.8, 4) is 0 Å². The van der Waals surface area contributed by atoms with Crippen molar-refractivity contribution in [2.45, 2.75) is 0 Å². The molecule has 0 aromatic carbocycles. The Hall–Kier alpha value is 1.76. The second-order valence-corrected chi connectivity index (χ2v) is 1.54. The van der Waals surface area contributed by atoms with Crippen LogP contribution >= 0.6 is 7.82 Å². The summed E-state index contributed by atoms with van der Waals surface area (Å²) in [5, 5.41) is 0. The van der Waals surface area contributed by atoms with E-state index in [9.17, 15) is 0 Å². The fraction of sp³-hybridized carbons (Fsp3) is 0. The van der Waals surface area contributed by atoms with Crippen molar-refractivity contribution in [3.05, 3.63) is 0 Å².